The van der Waals surface area contributed by atoms with Crippen LogP contribution in [0.25, 0.3) is 0 Å². The van der Waals surface area contributed by atoms with Crippen LogP contribution in [0.1, 0.15) is 19.4 Å². The van der Waals surface area contributed by atoms with Crippen molar-refractivity contribution in [2.75, 3.05) is 18.5 Å². The number of benzene rings is 1. The Morgan fingerprint density at radius 3 is 2.27 bits per heavy atom. The summed E-state index contributed by atoms with van der Waals surface area (Å²) in [6.45, 7) is 6.73. The highest BCUT2D eigenvalue weighted by Gasteiger charge is 2.19. The Balaban J connectivity index is 2.74. The van der Waals surface area contributed by atoms with Gasteiger partial charge in [-0.2, -0.15) is 5.26 Å². The maximum absolute atomic E-state index is 8.96. The molecule has 1 aromatic rings. The Morgan fingerprint density at radius 2 is 1.80 bits per heavy atom. The summed E-state index contributed by atoms with van der Waals surface area (Å²) in [6, 6.07) is 10.7. The topological polar surface area (TPSA) is 27.0 Å². The number of hydrogen-bond donors (Lipinski definition) is 0. The second kappa shape index (κ2) is 4.35. The second-order valence-corrected chi connectivity index (χ2v) is 4.69. The molecule has 0 fully saturated rings. The van der Waals surface area contributed by atoms with Crippen LogP contribution in [0.4, 0.5) is 5.69 Å². The van der Waals surface area contributed by atoms with Crippen LogP contribution < -0.4 is 4.90 Å². The molecule has 0 radical (unpaired) electrons. The van der Waals surface area contributed by atoms with E-state index in [4.69, 9.17) is 5.26 Å². The lowest BCUT2D eigenvalue weighted by Crippen LogP contribution is -2.30. The van der Waals surface area contributed by atoms with E-state index in [1.165, 1.54) is 5.56 Å². The zero-order chi connectivity index (χ0) is 11.5. The van der Waals surface area contributed by atoms with Crippen molar-refractivity contribution in [3.05, 3.63) is 29.8 Å². The minimum absolute atomic E-state index is 0.306. The van der Waals surface area contributed by atoms with Gasteiger partial charge in [0.1, 0.15) is 0 Å². The van der Waals surface area contributed by atoms with Crippen LogP contribution in [-0.2, 0) is 0 Å². The highest BCUT2D eigenvalue weighted by molar-refractivity contribution is 5.47. The molecule has 0 saturated carbocycles. The van der Waals surface area contributed by atoms with Crippen LogP contribution in [0.3, 0.4) is 0 Å². The third-order valence-electron chi connectivity index (χ3n) is 2.41. The number of aryl methyl sites for hydroxylation is 1. The summed E-state index contributed by atoms with van der Waals surface area (Å²) in [7, 11) is 2.02. The van der Waals surface area contributed by atoms with E-state index in [2.05, 4.69) is 42.2 Å². The minimum Gasteiger partial charge on any atom is -0.373 e. The van der Waals surface area contributed by atoms with Gasteiger partial charge in [0, 0.05) is 19.3 Å². The molecule has 0 bridgehead atoms. The molecule has 0 unspecified atom stereocenters. The number of rotatable bonds is 3. The van der Waals surface area contributed by atoms with E-state index in [0.717, 1.165) is 12.2 Å². The highest BCUT2D eigenvalue weighted by atomic mass is 15.1. The van der Waals surface area contributed by atoms with Gasteiger partial charge in [-0.3, -0.25) is 0 Å². The molecule has 1 aromatic carbocycles. The lowest BCUT2D eigenvalue weighted by Gasteiger charge is -2.26. The summed E-state index contributed by atoms with van der Waals surface area (Å²) in [5.41, 5.74) is 2.11. The number of hydrogen-bond acceptors (Lipinski definition) is 2. The molecule has 0 spiro atoms. The number of anilines is 1. The molecule has 0 aliphatic heterocycles. The molecule has 80 valence electrons. The van der Waals surface area contributed by atoms with Crippen LogP contribution in [0.15, 0.2) is 24.3 Å². The predicted molar refractivity (Wildman–Crippen MR) is 63.8 cm³/mol. The van der Waals surface area contributed by atoms with E-state index < -0.39 is 0 Å². The molecule has 0 atom stereocenters. The molecule has 0 aromatic heterocycles. The van der Waals surface area contributed by atoms with Gasteiger partial charge in [-0.15, -0.1) is 0 Å². The number of nitriles is 1. The van der Waals surface area contributed by atoms with E-state index in [9.17, 15) is 0 Å². The van der Waals surface area contributed by atoms with Gasteiger partial charge in [0.2, 0.25) is 0 Å². The normalized spacial score (nSPS) is 10.9. The molecule has 2 heteroatoms. The fourth-order valence-corrected chi connectivity index (χ4v) is 1.52. The molecule has 15 heavy (non-hydrogen) atoms. The molecule has 0 N–H and O–H groups in total. The van der Waals surface area contributed by atoms with Gasteiger partial charge in [0.25, 0.3) is 0 Å². The summed E-state index contributed by atoms with van der Waals surface area (Å²) < 4.78 is 0. The molecule has 0 saturated heterocycles. The highest BCUT2D eigenvalue weighted by Crippen LogP contribution is 2.20. The molecule has 0 heterocycles. The van der Waals surface area contributed by atoms with Crippen molar-refractivity contribution >= 4 is 5.69 Å². The lowest BCUT2D eigenvalue weighted by molar-refractivity contribution is 0.497. The molecule has 2 nitrogen and oxygen atoms in total. The number of nitrogens with zero attached hydrogens (tertiary/aromatic N) is 2. The Bertz CT molecular complexity index is 357. The van der Waals surface area contributed by atoms with Gasteiger partial charge in [0.15, 0.2) is 0 Å². The van der Waals surface area contributed by atoms with E-state index in [1.54, 1.807) is 0 Å². The van der Waals surface area contributed by atoms with Crippen LogP contribution in [0.5, 0.6) is 0 Å². The van der Waals surface area contributed by atoms with Gasteiger partial charge >= 0.3 is 0 Å². The van der Waals surface area contributed by atoms with E-state index in [0.29, 0.717) is 0 Å². The van der Waals surface area contributed by atoms with Gasteiger partial charge in [-0.25, -0.2) is 0 Å². The summed E-state index contributed by atoms with van der Waals surface area (Å²) in [5.74, 6) is 0. The molecular formula is C13H18N2. The van der Waals surface area contributed by atoms with Crippen molar-refractivity contribution in [2.24, 2.45) is 5.41 Å². The molecular weight excluding hydrogens is 184 g/mol. The first-order chi connectivity index (χ1) is 6.94. The standard InChI is InChI=1S/C13H18N2/c1-11-5-7-12(8-6-11)15(4)10-13(2,3)9-14/h5-8H,10H2,1-4H3. The molecule has 0 amide bonds. The van der Waals surface area contributed by atoms with Crippen molar-refractivity contribution < 1.29 is 0 Å². The zero-order valence-electron chi connectivity index (χ0n) is 9.91. The minimum atomic E-state index is -0.306. The van der Waals surface area contributed by atoms with Gasteiger partial charge < -0.3 is 4.90 Å². The van der Waals surface area contributed by atoms with Crippen molar-refractivity contribution in [3.8, 4) is 6.07 Å². The fourth-order valence-electron chi connectivity index (χ4n) is 1.52. The largest absolute Gasteiger partial charge is 0.373 e. The van der Waals surface area contributed by atoms with Crippen molar-refractivity contribution in [2.45, 2.75) is 20.8 Å². The van der Waals surface area contributed by atoms with Crippen LogP contribution >= 0.6 is 0 Å². The summed E-state index contributed by atoms with van der Waals surface area (Å²) in [5, 5.41) is 8.96. The first-order valence-corrected chi connectivity index (χ1v) is 5.14. The van der Waals surface area contributed by atoms with E-state index in [-0.39, 0.29) is 5.41 Å². The maximum Gasteiger partial charge on any atom is 0.0702 e. The van der Waals surface area contributed by atoms with Gasteiger partial charge in [-0.1, -0.05) is 17.7 Å². The van der Waals surface area contributed by atoms with E-state index >= 15 is 0 Å². The Labute approximate surface area is 92.1 Å². The Kier molecular flexibility index (Phi) is 3.36. The lowest BCUT2D eigenvalue weighted by atomic mass is 9.95. The monoisotopic (exact) mass is 202 g/mol. The van der Waals surface area contributed by atoms with Crippen molar-refractivity contribution in [1.29, 1.82) is 5.26 Å². The summed E-state index contributed by atoms with van der Waals surface area (Å²) >= 11 is 0. The average Bonchev–Trinajstić information content (AvgIpc) is 2.18. The van der Waals surface area contributed by atoms with Crippen molar-refractivity contribution in [1.82, 2.24) is 0 Å². The molecule has 0 aliphatic rings. The van der Waals surface area contributed by atoms with Crippen molar-refractivity contribution in [3.63, 3.8) is 0 Å². The van der Waals surface area contributed by atoms with Gasteiger partial charge in [0.05, 0.1) is 11.5 Å². The second-order valence-electron chi connectivity index (χ2n) is 4.69. The third-order valence-corrected chi connectivity index (χ3v) is 2.41. The third kappa shape index (κ3) is 3.28. The maximum atomic E-state index is 8.96. The predicted octanol–water partition coefficient (Wildman–Crippen LogP) is 2.98. The first-order valence-electron chi connectivity index (χ1n) is 5.14. The van der Waals surface area contributed by atoms with Crippen LogP contribution in [0, 0.1) is 23.7 Å². The molecule has 0 aliphatic carbocycles. The zero-order valence-corrected chi connectivity index (χ0v) is 9.91. The van der Waals surface area contributed by atoms with Crippen LogP contribution in [0.2, 0.25) is 0 Å². The Morgan fingerprint density at radius 1 is 1.27 bits per heavy atom. The first kappa shape index (κ1) is 11.6. The fraction of sp³-hybridized carbons (Fsp3) is 0.462. The van der Waals surface area contributed by atoms with Crippen LogP contribution in [-0.4, -0.2) is 13.6 Å². The van der Waals surface area contributed by atoms with E-state index in [1.807, 2.05) is 20.9 Å². The average molecular weight is 202 g/mol. The summed E-state index contributed by atoms with van der Waals surface area (Å²) in [4.78, 5) is 2.11. The van der Waals surface area contributed by atoms with Gasteiger partial charge in [-0.05, 0) is 32.9 Å². The Hall–Kier alpha value is -1.49. The summed E-state index contributed by atoms with van der Waals surface area (Å²) in [6.07, 6.45) is 0. The molecule has 1 rings (SSSR count). The smallest absolute Gasteiger partial charge is 0.0702 e. The quantitative estimate of drug-likeness (QED) is 0.753. The SMILES string of the molecule is Cc1ccc(N(C)CC(C)(C)C#N)cc1.